The Morgan fingerprint density at radius 2 is 1.61 bits per heavy atom. The van der Waals surface area contributed by atoms with Gasteiger partial charge in [-0.1, -0.05) is 45.0 Å². The van der Waals surface area contributed by atoms with E-state index in [0.717, 1.165) is 12.5 Å². The van der Waals surface area contributed by atoms with Crippen molar-refractivity contribution < 1.29 is 4.74 Å². The average Bonchev–Trinajstić information content (AvgIpc) is 2.44. The molecule has 0 spiro atoms. The Labute approximate surface area is 143 Å². The molecule has 0 amide bonds. The maximum Gasteiger partial charge on any atom is 0.0724 e. The van der Waals surface area contributed by atoms with Crippen molar-refractivity contribution in [3.05, 3.63) is 35.4 Å². The van der Waals surface area contributed by atoms with E-state index in [2.05, 4.69) is 70.7 Å². The van der Waals surface area contributed by atoms with Gasteiger partial charge < -0.3 is 4.74 Å². The van der Waals surface area contributed by atoms with Gasteiger partial charge in [0.1, 0.15) is 0 Å². The quantitative estimate of drug-likeness (QED) is 0.751. The van der Waals surface area contributed by atoms with E-state index in [1.54, 1.807) is 0 Å². The zero-order chi connectivity index (χ0) is 17.1. The van der Waals surface area contributed by atoms with E-state index in [0.29, 0.717) is 12.0 Å². The molecule has 0 N–H and O–H groups in total. The summed E-state index contributed by atoms with van der Waals surface area (Å²) in [6.07, 6.45) is 2.66. The van der Waals surface area contributed by atoms with Crippen LogP contribution in [0.15, 0.2) is 24.3 Å². The Balaban J connectivity index is 1.87. The van der Waals surface area contributed by atoms with E-state index >= 15 is 0 Å². The molecule has 23 heavy (non-hydrogen) atoms. The van der Waals surface area contributed by atoms with Gasteiger partial charge >= 0.3 is 0 Å². The summed E-state index contributed by atoms with van der Waals surface area (Å²) in [5.41, 5.74) is 3.07. The normalized spacial score (nSPS) is 18.3. The monoisotopic (exact) mass is 317 g/mol. The number of nitrogens with zero attached hydrogens (tertiary/aromatic N) is 1. The molecule has 1 heterocycles. The third kappa shape index (κ3) is 6.27. The highest BCUT2D eigenvalue weighted by Crippen LogP contribution is 2.34. The van der Waals surface area contributed by atoms with Crippen molar-refractivity contribution in [2.24, 2.45) is 11.3 Å². The molecule has 1 saturated heterocycles. The fraction of sp³-hybridized carbons (Fsp3) is 0.714. The molecular weight excluding hydrogens is 282 g/mol. The SMILES string of the molecule is CC(C)(C)OCc1cccc(CN2CCC(C(C)(C)C)CC2)c1. The Bertz CT molecular complexity index is 487. The van der Waals surface area contributed by atoms with Crippen molar-refractivity contribution in [3.63, 3.8) is 0 Å². The number of likely N-dealkylation sites (tertiary alicyclic amines) is 1. The first-order chi connectivity index (χ1) is 10.6. The van der Waals surface area contributed by atoms with Gasteiger partial charge in [-0.25, -0.2) is 0 Å². The second-order valence-electron chi connectivity index (χ2n) is 9.14. The molecule has 1 aliphatic rings. The van der Waals surface area contributed by atoms with E-state index in [4.69, 9.17) is 4.74 Å². The van der Waals surface area contributed by atoms with Crippen LogP contribution in [0.1, 0.15) is 65.5 Å². The standard InChI is InChI=1S/C21H35NO/c1-20(2,3)19-10-12-22(13-11-19)15-17-8-7-9-18(14-17)16-23-21(4,5)6/h7-9,14,19H,10-13,15-16H2,1-6H3. The van der Waals surface area contributed by atoms with E-state index in [-0.39, 0.29) is 5.60 Å². The molecule has 1 aromatic carbocycles. The lowest BCUT2D eigenvalue weighted by Gasteiger charge is -2.38. The van der Waals surface area contributed by atoms with E-state index < -0.39 is 0 Å². The number of rotatable bonds is 4. The molecule has 2 nitrogen and oxygen atoms in total. The number of hydrogen-bond acceptors (Lipinski definition) is 2. The van der Waals surface area contributed by atoms with Crippen LogP contribution in [0.2, 0.25) is 0 Å². The number of ether oxygens (including phenoxy) is 1. The van der Waals surface area contributed by atoms with Gasteiger partial charge in [-0.2, -0.15) is 0 Å². The first kappa shape index (κ1) is 18.5. The molecule has 0 atom stereocenters. The lowest BCUT2D eigenvalue weighted by atomic mass is 9.75. The average molecular weight is 318 g/mol. The van der Waals surface area contributed by atoms with E-state index in [9.17, 15) is 0 Å². The predicted octanol–water partition coefficient (Wildman–Crippen LogP) is 5.26. The van der Waals surface area contributed by atoms with Gasteiger partial charge in [0, 0.05) is 6.54 Å². The van der Waals surface area contributed by atoms with Crippen molar-refractivity contribution in [3.8, 4) is 0 Å². The van der Waals surface area contributed by atoms with Gasteiger partial charge in [-0.05, 0) is 69.2 Å². The van der Waals surface area contributed by atoms with Crippen LogP contribution in [0.25, 0.3) is 0 Å². The highest BCUT2D eigenvalue weighted by atomic mass is 16.5. The molecule has 0 saturated carbocycles. The summed E-state index contributed by atoms with van der Waals surface area (Å²) in [7, 11) is 0. The molecule has 1 aliphatic heterocycles. The molecule has 2 heteroatoms. The fourth-order valence-corrected chi connectivity index (χ4v) is 3.33. The molecule has 0 radical (unpaired) electrons. The Morgan fingerprint density at radius 1 is 1.00 bits per heavy atom. The van der Waals surface area contributed by atoms with Crippen LogP contribution in [0, 0.1) is 11.3 Å². The maximum atomic E-state index is 5.90. The van der Waals surface area contributed by atoms with Gasteiger partial charge in [-0.15, -0.1) is 0 Å². The molecule has 0 bridgehead atoms. The molecular formula is C21H35NO. The minimum absolute atomic E-state index is 0.0785. The number of piperidine rings is 1. The summed E-state index contributed by atoms with van der Waals surface area (Å²) in [5.74, 6) is 0.866. The third-order valence-electron chi connectivity index (χ3n) is 4.88. The maximum absolute atomic E-state index is 5.90. The summed E-state index contributed by atoms with van der Waals surface area (Å²) >= 11 is 0. The second kappa shape index (κ2) is 7.36. The minimum Gasteiger partial charge on any atom is -0.371 e. The van der Waals surface area contributed by atoms with Gasteiger partial charge in [0.15, 0.2) is 0 Å². The smallest absolute Gasteiger partial charge is 0.0724 e. The zero-order valence-corrected chi connectivity index (χ0v) is 16.0. The van der Waals surface area contributed by atoms with Crippen molar-refractivity contribution in [1.82, 2.24) is 4.90 Å². The Kier molecular flexibility index (Phi) is 5.91. The largest absolute Gasteiger partial charge is 0.371 e. The van der Waals surface area contributed by atoms with Crippen LogP contribution in [0.5, 0.6) is 0 Å². The van der Waals surface area contributed by atoms with Crippen LogP contribution in [0.3, 0.4) is 0 Å². The topological polar surface area (TPSA) is 12.5 Å². The summed E-state index contributed by atoms with van der Waals surface area (Å²) in [6, 6.07) is 8.89. The minimum atomic E-state index is -0.0785. The molecule has 0 unspecified atom stereocenters. The number of hydrogen-bond donors (Lipinski definition) is 0. The molecule has 1 aromatic rings. The molecule has 0 aromatic heterocycles. The zero-order valence-electron chi connectivity index (χ0n) is 16.0. The lowest BCUT2D eigenvalue weighted by molar-refractivity contribution is -0.0150. The summed E-state index contributed by atoms with van der Waals surface area (Å²) < 4.78 is 5.90. The molecule has 2 rings (SSSR count). The van der Waals surface area contributed by atoms with E-state index in [1.165, 1.54) is 37.1 Å². The Hall–Kier alpha value is -0.860. The van der Waals surface area contributed by atoms with Crippen molar-refractivity contribution in [2.45, 2.75) is 73.1 Å². The van der Waals surface area contributed by atoms with Crippen LogP contribution < -0.4 is 0 Å². The van der Waals surface area contributed by atoms with E-state index in [1.807, 2.05) is 0 Å². The predicted molar refractivity (Wildman–Crippen MR) is 98.4 cm³/mol. The lowest BCUT2D eigenvalue weighted by Crippen LogP contribution is -2.37. The van der Waals surface area contributed by atoms with Crippen LogP contribution >= 0.6 is 0 Å². The summed E-state index contributed by atoms with van der Waals surface area (Å²) in [5, 5.41) is 0. The first-order valence-electron chi connectivity index (χ1n) is 9.08. The highest BCUT2D eigenvalue weighted by molar-refractivity contribution is 5.23. The first-order valence-corrected chi connectivity index (χ1v) is 9.08. The van der Waals surface area contributed by atoms with Crippen molar-refractivity contribution in [1.29, 1.82) is 0 Å². The molecule has 1 fully saturated rings. The van der Waals surface area contributed by atoms with Crippen LogP contribution in [-0.2, 0) is 17.9 Å². The van der Waals surface area contributed by atoms with Gasteiger partial charge in [0.2, 0.25) is 0 Å². The van der Waals surface area contributed by atoms with Crippen molar-refractivity contribution in [2.75, 3.05) is 13.1 Å². The van der Waals surface area contributed by atoms with Gasteiger partial charge in [0.25, 0.3) is 0 Å². The summed E-state index contributed by atoms with van der Waals surface area (Å²) in [4.78, 5) is 2.60. The highest BCUT2D eigenvalue weighted by Gasteiger charge is 2.28. The third-order valence-corrected chi connectivity index (χ3v) is 4.88. The van der Waals surface area contributed by atoms with Crippen molar-refractivity contribution >= 4 is 0 Å². The van der Waals surface area contributed by atoms with Crippen LogP contribution in [-0.4, -0.2) is 23.6 Å². The molecule has 130 valence electrons. The van der Waals surface area contributed by atoms with Gasteiger partial charge in [0.05, 0.1) is 12.2 Å². The molecule has 0 aliphatic carbocycles. The second-order valence-corrected chi connectivity index (χ2v) is 9.14. The summed E-state index contributed by atoms with van der Waals surface area (Å²) in [6.45, 7) is 17.7. The number of benzene rings is 1. The fourth-order valence-electron chi connectivity index (χ4n) is 3.33. The van der Waals surface area contributed by atoms with Crippen LogP contribution in [0.4, 0.5) is 0 Å². The Morgan fingerprint density at radius 3 is 2.17 bits per heavy atom. The van der Waals surface area contributed by atoms with Gasteiger partial charge in [-0.3, -0.25) is 4.90 Å².